The molecule has 10 heteroatoms. The van der Waals surface area contributed by atoms with Gasteiger partial charge in [-0.25, -0.2) is 0 Å². The van der Waals surface area contributed by atoms with Crippen LogP contribution in [0.5, 0.6) is 5.75 Å². The summed E-state index contributed by atoms with van der Waals surface area (Å²) in [4.78, 5) is 17.4. The molecule has 0 radical (unpaired) electrons. The van der Waals surface area contributed by atoms with Crippen LogP contribution in [0.4, 0.5) is 17.1 Å². The van der Waals surface area contributed by atoms with Crippen molar-refractivity contribution in [3.05, 3.63) is 64.2 Å². The van der Waals surface area contributed by atoms with Gasteiger partial charge in [0.25, 0.3) is 5.56 Å². The quantitative estimate of drug-likeness (QED) is 0.298. The Morgan fingerprint density at radius 1 is 1.05 bits per heavy atom. The van der Waals surface area contributed by atoms with Crippen LogP contribution in [0.1, 0.15) is 30.4 Å². The number of pyridine rings is 1. The number of hydrogen-bond donors (Lipinski definition) is 0. The van der Waals surface area contributed by atoms with Crippen molar-refractivity contribution >= 4 is 28.0 Å². The number of rotatable bonds is 7. The Bertz CT molecular complexity index is 1730. The molecule has 4 aromatic rings. The number of aryl methyl sites for hydroxylation is 3. The van der Waals surface area contributed by atoms with Crippen LogP contribution >= 0.6 is 0 Å². The third-order valence-electron chi connectivity index (χ3n) is 8.17. The van der Waals surface area contributed by atoms with E-state index < -0.39 is 0 Å². The highest BCUT2D eigenvalue weighted by molar-refractivity contribution is 5.98. The predicted octanol–water partition coefficient (Wildman–Crippen LogP) is 4.63. The fourth-order valence-corrected chi connectivity index (χ4v) is 5.90. The minimum absolute atomic E-state index is 0.0463. The van der Waals surface area contributed by atoms with Crippen LogP contribution in [0.3, 0.4) is 0 Å². The van der Waals surface area contributed by atoms with Crippen molar-refractivity contribution in [2.24, 2.45) is 14.1 Å². The van der Waals surface area contributed by atoms with E-state index in [1.165, 1.54) is 0 Å². The summed E-state index contributed by atoms with van der Waals surface area (Å²) >= 11 is 0. The Morgan fingerprint density at radius 3 is 2.64 bits per heavy atom. The SMILES string of the molecule is Cc1cc2c(N3CCN(C)c4cc(-c5cnn(C)c5)c(C#N)cc43)cc(OCCOC3CCCCO3)cc2n(C)c1=O. The van der Waals surface area contributed by atoms with Crippen molar-refractivity contribution in [3.8, 4) is 22.9 Å². The number of nitriles is 1. The van der Waals surface area contributed by atoms with Crippen LogP contribution in [0.2, 0.25) is 0 Å². The molecule has 0 amide bonds. The lowest BCUT2D eigenvalue weighted by Crippen LogP contribution is -2.37. The van der Waals surface area contributed by atoms with Gasteiger partial charge in [-0.1, -0.05) is 0 Å². The molecule has 218 valence electrons. The van der Waals surface area contributed by atoms with E-state index in [1.807, 2.05) is 44.4 Å². The van der Waals surface area contributed by atoms with Crippen LogP contribution in [0.25, 0.3) is 22.0 Å². The molecule has 2 aromatic heterocycles. The molecule has 2 aliphatic rings. The van der Waals surface area contributed by atoms with E-state index in [-0.39, 0.29) is 11.8 Å². The van der Waals surface area contributed by atoms with E-state index in [9.17, 15) is 10.1 Å². The molecule has 2 aliphatic heterocycles. The Morgan fingerprint density at radius 2 is 1.90 bits per heavy atom. The summed E-state index contributed by atoms with van der Waals surface area (Å²) in [6, 6.07) is 12.3. The second kappa shape index (κ2) is 11.5. The summed E-state index contributed by atoms with van der Waals surface area (Å²) < 4.78 is 21.2. The molecule has 1 atom stereocenters. The van der Waals surface area contributed by atoms with Crippen LogP contribution in [-0.2, 0) is 23.6 Å². The number of hydrogen-bond acceptors (Lipinski definition) is 8. The monoisotopic (exact) mass is 568 g/mol. The van der Waals surface area contributed by atoms with Crippen molar-refractivity contribution in [2.75, 3.05) is 49.8 Å². The normalized spacial score (nSPS) is 16.9. The van der Waals surface area contributed by atoms with E-state index in [0.717, 1.165) is 71.5 Å². The lowest BCUT2D eigenvalue weighted by Gasteiger charge is -2.38. The van der Waals surface area contributed by atoms with Crippen molar-refractivity contribution in [3.63, 3.8) is 0 Å². The second-order valence-corrected chi connectivity index (χ2v) is 11.1. The van der Waals surface area contributed by atoms with Crippen LogP contribution in [0, 0.1) is 18.3 Å². The summed E-state index contributed by atoms with van der Waals surface area (Å²) in [6.45, 7) is 4.81. The number of anilines is 3. The fourth-order valence-electron chi connectivity index (χ4n) is 5.90. The van der Waals surface area contributed by atoms with Gasteiger partial charge in [0.2, 0.25) is 0 Å². The van der Waals surface area contributed by atoms with E-state index >= 15 is 0 Å². The summed E-state index contributed by atoms with van der Waals surface area (Å²) in [5, 5.41) is 15.4. The lowest BCUT2D eigenvalue weighted by atomic mass is 9.98. The third kappa shape index (κ3) is 5.22. The highest BCUT2D eigenvalue weighted by atomic mass is 16.7. The van der Waals surface area contributed by atoms with Gasteiger partial charge in [-0.2, -0.15) is 10.4 Å². The molecule has 1 fully saturated rings. The van der Waals surface area contributed by atoms with Gasteiger partial charge in [0, 0.05) is 81.2 Å². The van der Waals surface area contributed by atoms with Crippen LogP contribution in [0.15, 0.2) is 47.5 Å². The van der Waals surface area contributed by atoms with Gasteiger partial charge in [0.05, 0.1) is 47.0 Å². The first kappa shape index (κ1) is 27.8. The van der Waals surface area contributed by atoms with E-state index in [4.69, 9.17) is 14.2 Å². The summed E-state index contributed by atoms with van der Waals surface area (Å²) in [5.74, 6) is 0.650. The smallest absolute Gasteiger partial charge is 0.253 e. The molecule has 0 saturated carbocycles. The van der Waals surface area contributed by atoms with Gasteiger partial charge in [0.1, 0.15) is 12.4 Å². The molecule has 10 nitrogen and oxygen atoms in total. The van der Waals surface area contributed by atoms with E-state index in [0.29, 0.717) is 36.6 Å². The minimum Gasteiger partial charge on any atom is -0.491 e. The Balaban J connectivity index is 1.41. The zero-order valence-electron chi connectivity index (χ0n) is 24.6. The molecule has 0 spiro atoms. The average molecular weight is 569 g/mol. The maximum atomic E-state index is 12.9. The van der Waals surface area contributed by atoms with Gasteiger partial charge in [0.15, 0.2) is 6.29 Å². The maximum Gasteiger partial charge on any atom is 0.253 e. The molecular weight excluding hydrogens is 532 g/mol. The van der Waals surface area contributed by atoms with Crippen molar-refractivity contribution < 1.29 is 14.2 Å². The van der Waals surface area contributed by atoms with Crippen LogP contribution < -0.4 is 20.1 Å². The number of nitrogens with zero attached hydrogens (tertiary/aromatic N) is 6. The standard InChI is InChI=1S/C32H36N6O4/c1-21-13-26-27(37(4)32(21)39)15-24(40-11-12-42-31-7-5-6-10-41-31)16-28(26)38-9-8-35(2)29-17-25(22(18-33)14-30(29)38)23-19-34-36(3)20-23/h13-17,19-20,31H,5-12H2,1-4H3. The Kier molecular flexibility index (Phi) is 7.62. The minimum atomic E-state index is -0.175. The average Bonchev–Trinajstić information content (AvgIpc) is 3.44. The Hall–Kier alpha value is -4.33. The Labute approximate surface area is 245 Å². The lowest BCUT2D eigenvalue weighted by molar-refractivity contribution is -0.165. The number of aromatic nitrogens is 3. The molecule has 0 N–H and O–H groups in total. The molecule has 4 heterocycles. The van der Waals surface area contributed by atoms with Crippen molar-refractivity contribution in [1.82, 2.24) is 14.3 Å². The molecule has 0 aliphatic carbocycles. The van der Waals surface area contributed by atoms with Crippen LogP contribution in [-0.4, -0.2) is 60.6 Å². The summed E-state index contributed by atoms with van der Waals surface area (Å²) in [6.07, 6.45) is 6.61. The van der Waals surface area contributed by atoms with Gasteiger partial charge in [-0.15, -0.1) is 0 Å². The van der Waals surface area contributed by atoms with Crippen molar-refractivity contribution in [1.29, 1.82) is 5.26 Å². The molecule has 42 heavy (non-hydrogen) atoms. The first-order valence-electron chi connectivity index (χ1n) is 14.4. The largest absolute Gasteiger partial charge is 0.491 e. The molecular formula is C32H36N6O4. The molecule has 2 aromatic carbocycles. The first-order valence-corrected chi connectivity index (χ1v) is 14.4. The van der Waals surface area contributed by atoms with E-state index in [1.54, 1.807) is 22.5 Å². The number of benzene rings is 2. The predicted molar refractivity (Wildman–Crippen MR) is 163 cm³/mol. The second-order valence-electron chi connectivity index (χ2n) is 11.1. The van der Waals surface area contributed by atoms with Gasteiger partial charge in [-0.05, 0) is 44.4 Å². The molecule has 1 unspecified atom stereocenters. The van der Waals surface area contributed by atoms with E-state index in [2.05, 4.69) is 34.1 Å². The summed E-state index contributed by atoms with van der Waals surface area (Å²) in [7, 11) is 5.73. The number of fused-ring (bicyclic) bond motifs is 2. The fraction of sp³-hybridized carbons (Fsp3) is 0.406. The van der Waals surface area contributed by atoms with Gasteiger partial charge < -0.3 is 28.6 Å². The number of ether oxygens (including phenoxy) is 3. The zero-order valence-corrected chi connectivity index (χ0v) is 24.6. The summed E-state index contributed by atoms with van der Waals surface area (Å²) in [5.41, 5.74) is 6.58. The highest BCUT2D eigenvalue weighted by Crippen LogP contribution is 2.44. The molecule has 0 bridgehead atoms. The first-order chi connectivity index (χ1) is 20.3. The third-order valence-corrected chi connectivity index (χ3v) is 8.17. The van der Waals surface area contributed by atoms with Gasteiger partial charge >= 0.3 is 0 Å². The van der Waals surface area contributed by atoms with Gasteiger partial charge in [-0.3, -0.25) is 9.48 Å². The maximum absolute atomic E-state index is 12.9. The molecule has 1 saturated heterocycles. The highest BCUT2D eigenvalue weighted by Gasteiger charge is 2.27. The molecule has 6 rings (SSSR count). The zero-order chi connectivity index (χ0) is 29.4. The number of likely N-dealkylation sites (N-methyl/N-ethyl adjacent to an activating group) is 1. The van der Waals surface area contributed by atoms with Crippen molar-refractivity contribution in [2.45, 2.75) is 32.5 Å². The topological polar surface area (TPSA) is 97.8 Å².